The molecule has 0 spiro atoms. The fraction of sp³-hybridized carbons (Fsp3) is 0.833. The number of nitrogens with zero attached hydrogens (tertiary/aromatic N) is 3. The Bertz CT molecular complexity index is 284. The summed E-state index contributed by atoms with van der Waals surface area (Å²) < 4.78 is 0. The molecule has 0 rings (SSSR count). The Kier molecular flexibility index (Phi) is 9.11. The number of carboxylic acid groups (broad SMARTS) is 2. The molecule has 0 aliphatic heterocycles. The van der Waals surface area contributed by atoms with Crippen molar-refractivity contribution in [2.45, 2.75) is 6.92 Å². The Morgan fingerprint density at radius 3 is 1.68 bits per heavy atom. The molecular weight excluding hydrogens is 250 g/mol. The summed E-state index contributed by atoms with van der Waals surface area (Å²) in [4.78, 5) is 27.0. The second-order valence-electron chi connectivity index (χ2n) is 4.74. The van der Waals surface area contributed by atoms with E-state index in [1.165, 1.54) is 0 Å². The van der Waals surface area contributed by atoms with Crippen LogP contribution < -0.4 is 0 Å². The summed E-state index contributed by atoms with van der Waals surface area (Å²) in [5.74, 6) is -1.72. The van der Waals surface area contributed by atoms with E-state index in [0.717, 1.165) is 6.54 Å². The number of likely N-dealkylation sites (N-methyl/N-ethyl adjacent to an activating group) is 2. The lowest BCUT2D eigenvalue weighted by atomic mass is 10.4. The van der Waals surface area contributed by atoms with E-state index < -0.39 is 11.9 Å². The van der Waals surface area contributed by atoms with Crippen LogP contribution in [0.25, 0.3) is 0 Å². The van der Waals surface area contributed by atoms with Crippen LogP contribution in [0.5, 0.6) is 0 Å². The highest BCUT2D eigenvalue weighted by atomic mass is 16.4. The summed E-state index contributed by atoms with van der Waals surface area (Å²) in [7, 11) is 3.86. The Balaban J connectivity index is 4.21. The Hall–Kier alpha value is -1.18. The Morgan fingerprint density at radius 2 is 1.26 bits per heavy atom. The molecule has 0 amide bonds. The van der Waals surface area contributed by atoms with E-state index >= 15 is 0 Å². The summed E-state index contributed by atoms with van der Waals surface area (Å²) in [6, 6.07) is 0. The second kappa shape index (κ2) is 9.71. The van der Waals surface area contributed by atoms with Crippen LogP contribution >= 0.6 is 0 Å². The Morgan fingerprint density at radius 1 is 0.842 bits per heavy atom. The Labute approximate surface area is 114 Å². The van der Waals surface area contributed by atoms with Crippen molar-refractivity contribution < 1.29 is 19.8 Å². The minimum absolute atomic E-state index is 0.00884. The van der Waals surface area contributed by atoms with Crippen molar-refractivity contribution in [1.82, 2.24) is 14.7 Å². The summed E-state index contributed by atoms with van der Waals surface area (Å²) >= 11 is 0. The average Bonchev–Trinajstić information content (AvgIpc) is 2.29. The first-order valence-corrected chi connectivity index (χ1v) is 6.38. The van der Waals surface area contributed by atoms with Gasteiger partial charge in [-0.3, -0.25) is 19.4 Å². The number of carboxylic acids is 2. The third kappa shape index (κ3) is 10.4. The standard InChI is InChI=1S/C12H25N3O4/c1-4-14(9-11(16)17)7-8-15(10-12(18)19)6-5-13(2)3/h4-10H2,1-3H3,(H,16,17)(H,18,19). The minimum atomic E-state index is -0.861. The molecule has 0 bridgehead atoms. The van der Waals surface area contributed by atoms with Crippen molar-refractivity contribution in [3.05, 3.63) is 0 Å². The van der Waals surface area contributed by atoms with Crippen molar-refractivity contribution in [2.24, 2.45) is 0 Å². The maximum absolute atomic E-state index is 10.8. The van der Waals surface area contributed by atoms with Crippen LogP contribution in [0.4, 0.5) is 0 Å². The van der Waals surface area contributed by atoms with Gasteiger partial charge in [0.15, 0.2) is 0 Å². The highest BCUT2D eigenvalue weighted by molar-refractivity contribution is 5.69. The molecule has 0 aliphatic carbocycles. The molecular formula is C12H25N3O4. The van der Waals surface area contributed by atoms with E-state index in [4.69, 9.17) is 10.2 Å². The van der Waals surface area contributed by atoms with Gasteiger partial charge >= 0.3 is 11.9 Å². The lowest BCUT2D eigenvalue weighted by Crippen LogP contribution is -2.42. The normalized spacial score (nSPS) is 11.5. The number of rotatable bonds is 11. The third-order valence-electron chi connectivity index (χ3n) is 2.76. The fourth-order valence-electron chi connectivity index (χ4n) is 1.63. The molecule has 112 valence electrons. The molecule has 0 aliphatic rings. The van der Waals surface area contributed by atoms with Crippen molar-refractivity contribution in [3.8, 4) is 0 Å². The van der Waals surface area contributed by atoms with Crippen molar-refractivity contribution >= 4 is 11.9 Å². The largest absolute Gasteiger partial charge is 0.480 e. The molecule has 0 radical (unpaired) electrons. The topological polar surface area (TPSA) is 84.3 Å². The second-order valence-corrected chi connectivity index (χ2v) is 4.74. The predicted octanol–water partition coefficient (Wildman–Crippen LogP) is -0.659. The zero-order valence-electron chi connectivity index (χ0n) is 12.0. The maximum Gasteiger partial charge on any atom is 0.317 e. The van der Waals surface area contributed by atoms with Gasteiger partial charge < -0.3 is 15.1 Å². The smallest absolute Gasteiger partial charge is 0.317 e. The first-order valence-electron chi connectivity index (χ1n) is 6.38. The van der Waals surface area contributed by atoms with Crippen LogP contribution in [0.15, 0.2) is 0 Å². The lowest BCUT2D eigenvalue weighted by molar-refractivity contribution is -0.140. The molecule has 0 unspecified atom stereocenters. The van der Waals surface area contributed by atoms with Gasteiger partial charge in [-0.05, 0) is 20.6 Å². The minimum Gasteiger partial charge on any atom is -0.480 e. The van der Waals surface area contributed by atoms with Crippen LogP contribution in [0, 0.1) is 0 Å². The number of hydrogen-bond acceptors (Lipinski definition) is 5. The molecule has 0 aromatic heterocycles. The summed E-state index contributed by atoms with van der Waals surface area (Å²) in [5, 5.41) is 17.6. The molecule has 7 heteroatoms. The molecule has 0 saturated carbocycles. The lowest BCUT2D eigenvalue weighted by Gasteiger charge is -2.25. The van der Waals surface area contributed by atoms with Gasteiger partial charge in [0.25, 0.3) is 0 Å². The van der Waals surface area contributed by atoms with E-state index in [1.807, 2.05) is 30.8 Å². The molecule has 0 aromatic carbocycles. The summed E-state index contributed by atoms with van der Waals surface area (Å²) in [6.07, 6.45) is 0. The molecule has 19 heavy (non-hydrogen) atoms. The monoisotopic (exact) mass is 275 g/mol. The predicted molar refractivity (Wildman–Crippen MR) is 72.4 cm³/mol. The van der Waals surface area contributed by atoms with Crippen LogP contribution in [0.2, 0.25) is 0 Å². The van der Waals surface area contributed by atoms with Gasteiger partial charge in [-0.25, -0.2) is 0 Å². The SMILES string of the molecule is CCN(CCN(CCN(C)C)CC(=O)O)CC(=O)O. The van der Waals surface area contributed by atoms with E-state index in [1.54, 1.807) is 4.90 Å². The highest BCUT2D eigenvalue weighted by Gasteiger charge is 2.13. The number of hydrogen-bond donors (Lipinski definition) is 2. The molecule has 2 N–H and O–H groups in total. The zero-order chi connectivity index (χ0) is 14.8. The third-order valence-corrected chi connectivity index (χ3v) is 2.76. The van der Waals surface area contributed by atoms with Gasteiger partial charge in [0, 0.05) is 26.2 Å². The quantitative estimate of drug-likeness (QED) is 0.518. The van der Waals surface area contributed by atoms with E-state index in [2.05, 4.69) is 0 Å². The van der Waals surface area contributed by atoms with Gasteiger partial charge in [0.1, 0.15) is 0 Å². The molecule has 0 heterocycles. The first-order chi connectivity index (χ1) is 8.85. The highest BCUT2D eigenvalue weighted by Crippen LogP contribution is 1.94. The van der Waals surface area contributed by atoms with Crippen LogP contribution in [-0.4, -0.2) is 96.8 Å². The number of aliphatic carboxylic acids is 2. The molecule has 0 atom stereocenters. The van der Waals surface area contributed by atoms with Gasteiger partial charge in [-0.2, -0.15) is 0 Å². The van der Waals surface area contributed by atoms with Crippen molar-refractivity contribution in [1.29, 1.82) is 0 Å². The van der Waals surface area contributed by atoms with Crippen LogP contribution in [0.1, 0.15) is 6.92 Å². The zero-order valence-corrected chi connectivity index (χ0v) is 12.0. The first kappa shape index (κ1) is 17.8. The molecule has 0 fully saturated rings. The van der Waals surface area contributed by atoms with Gasteiger partial charge in [-0.15, -0.1) is 0 Å². The van der Waals surface area contributed by atoms with E-state index in [0.29, 0.717) is 26.2 Å². The molecule has 7 nitrogen and oxygen atoms in total. The number of carbonyl (C=O) groups is 2. The van der Waals surface area contributed by atoms with Gasteiger partial charge in [0.2, 0.25) is 0 Å². The molecule has 0 aromatic rings. The van der Waals surface area contributed by atoms with E-state index in [-0.39, 0.29) is 13.1 Å². The van der Waals surface area contributed by atoms with Crippen molar-refractivity contribution in [2.75, 3.05) is 59.9 Å². The van der Waals surface area contributed by atoms with Gasteiger partial charge in [0.05, 0.1) is 13.1 Å². The molecule has 0 saturated heterocycles. The van der Waals surface area contributed by atoms with E-state index in [9.17, 15) is 9.59 Å². The van der Waals surface area contributed by atoms with Crippen molar-refractivity contribution in [3.63, 3.8) is 0 Å². The summed E-state index contributed by atoms with van der Waals surface area (Å²) in [6.45, 7) is 5.06. The van der Waals surface area contributed by atoms with Crippen LogP contribution in [0.3, 0.4) is 0 Å². The maximum atomic E-state index is 10.8. The summed E-state index contributed by atoms with van der Waals surface area (Å²) in [5.41, 5.74) is 0. The fourth-order valence-corrected chi connectivity index (χ4v) is 1.63. The van der Waals surface area contributed by atoms with Crippen LogP contribution in [-0.2, 0) is 9.59 Å². The average molecular weight is 275 g/mol. The van der Waals surface area contributed by atoms with Gasteiger partial charge in [-0.1, -0.05) is 6.92 Å².